The molecular formula is C20H15NO3S. The van der Waals surface area contributed by atoms with E-state index < -0.39 is 10.1 Å². The van der Waals surface area contributed by atoms with E-state index in [4.69, 9.17) is 4.18 Å². The number of aliphatic imine (C=N–C) groups is 1. The summed E-state index contributed by atoms with van der Waals surface area (Å²) >= 11 is 0. The molecule has 0 radical (unpaired) electrons. The zero-order valence-electron chi connectivity index (χ0n) is 13.3. The molecule has 1 aliphatic rings. The molecule has 3 aromatic rings. The predicted octanol–water partition coefficient (Wildman–Crippen LogP) is 4.13. The summed E-state index contributed by atoms with van der Waals surface area (Å²) < 4.78 is 30.2. The van der Waals surface area contributed by atoms with Crippen LogP contribution in [0.5, 0.6) is 5.75 Å². The van der Waals surface area contributed by atoms with Crippen molar-refractivity contribution in [3.05, 3.63) is 90.0 Å². The van der Waals surface area contributed by atoms with Crippen LogP contribution in [0, 0.1) is 0 Å². The van der Waals surface area contributed by atoms with Gasteiger partial charge in [-0.1, -0.05) is 48.5 Å². The minimum absolute atomic E-state index is 0.139. The van der Waals surface area contributed by atoms with Gasteiger partial charge in [-0.3, -0.25) is 4.99 Å². The van der Waals surface area contributed by atoms with Crippen molar-refractivity contribution < 1.29 is 12.6 Å². The number of hydrogen-bond donors (Lipinski definition) is 0. The highest BCUT2D eigenvalue weighted by Gasteiger charge is 2.22. The van der Waals surface area contributed by atoms with Crippen molar-refractivity contribution in [2.24, 2.45) is 4.99 Å². The third-order valence-corrected chi connectivity index (χ3v) is 5.25. The minimum Gasteiger partial charge on any atom is -0.379 e. The fraction of sp³-hybridized carbons (Fsp3) is 0.0500. The lowest BCUT2D eigenvalue weighted by atomic mass is 10.0. The van der Waals surface area contributed by atoms with E-state index in [1.165, 1.54) is 6.07 Å². The van der Waals surface area contributed by atoms with Gasteiger partial charge in [-0.25, -0.2) is 0 Å². The van der Waals surface area contributed by atoms with E-state index >= 15 is 0 Å². The summed E-state index contributed by atoms with van der Waals surface area (Å²) in [7, 11) is -3.87. The van der Waals surface area contributed by atoms with Crippen LogP contribution in [0.4, 0.5) is 5.69 Å². The molecule has 0 fully saturated rings. The van der Waals surface area contributed by atoms with Gasteiger partial charge in [-0.2, -0.15) is 8.42 Å². The molecule has 3 aromatic carbocycles. The molecule has 0 amide bonds. The van der Waals surface area contributed by atoms with Crippen molar-refractivity contribution in [1.29, 1.82) is 0 Å². The second-order valence-corrected chi connectivity index (χ2v) is 7.29. The Morgan fingerprint density at radius 3 is 2.24 bits per heavy atom. The van der Waals surface area contributed by atoms with Crippen LogP contribution in [0.15, 0.2) is 88.8 Å². The van der Waals surface area contributed by atoms with E-state index in [0.717, 1.165) is 22.5 Å². The van der Waals surface area contributed by atoms with Crippen molar-refractivity contribution in [3.63, 3.8) is 0 Å². The first kappa shape index (κ1) is 15.6. The number of nitrogens with zero attached hydrogens (tertiary/aromatic N) is 1. The lowest BCUT2D eigenvalue weighted by Gasteiger charge is -2.08. The van der Waals surface area contributed by atoms with Gasteiger partial charge in [-0.15, -0.1) is 0 Å². The van der Waals surface area contributed by atoms with Crippen LogP contribution in [0.2, 0.25) is 0 Å². The van der Waals surface area contributed by atoms with Crippen LogP contribution in [0.1, 0.15) is 11.1 Å². The molecular weight excluding hydrogens is 334 g/mol. The molecule has 4 nitrogen and oxygen atoms in total. The summed E-state index contributed by atoms with van der Waals surface area (Å²) in [6.07, 6.45) is 0.605. The van der Waals surface area contributed by atoms with Crippen molar-refractivity contribution in [2.75, 3.05) is 0 Å². The number of fused-ring (bicyclic) bond motifs is 1. The van der Waals surface area contributed by atoms with E-state index in [0.29, 0.717) is 12.2 Å². The van der Waals surface area contributed by atoms with Crippen LogP contribution >= 0.6 is 0 Å². The molecule has 25 heavy (non-hydrogen) atoms. The maximum Gasteiger partial charge on any atom is 0.339 e. The van der Waals surface area contributed by atoms with Gasteiger partial charge < -0.3 is 4.18 Å². The normalized spacial score (nSPS) is 13.2. The molecule has 0 atom stereocenters. The Bertz CT molecular complexity index is 1040. The second kappa shape index (κ2) is 6.18. The molecule has 1 heterocycles. The van der Waals surface area contributed by atoms with Gasteiger partial charge in [0.2, 0.25) is 0 Å². The SMILES string of the molecule is O=S(=O)(Oc1ccccc1)c1ccc2c(c1)CC(c1ccccc1)=N2. The van der Waals surface area contributed by atoms with Crippen LogP contribution in [-0.2, 0) is 16.5 Å². The molecule has 0 aliphatic carbocycles. The first-order valence-corrected chi connectivity index (χ1v) is 9.28. The van der Waals surface area contributed by atoms with Gasteiger partial charge in [0.1, 0.15) is 10.6 Å². The molecule has 0 spiro atoms. The van der Waals surface area contributed by atoms with Crippen molar-refractivity contribution in [1.82, 2.24) is 0 Å². The average Bonchev–Trinajstić information content (AvgIpc) is 3.06. The molecule has 0 saturated carbocycles. The van der Waals surface area contributed by atoms with E-state index in [9.17, 15) is 8.42 Å². The van der Waals surface area contributed by atoms with Gasteiger partial charge in [0, 0.05) is 6.42 Å². The maximum absolute atomic E-state index is 12.5. The van der Waals surface area contributed by atoms with E-state index in [1.807, 2.05) is 30.3 Å². The highest BCUT2D eigenvalue weighted by molar-refractivity contribution is 7.87. The Hall–Kier alpha value is -2.92. The maximum atomic E-state index is 12.5. The fourth-order valence-electron chi connectivity index (χ4n) is 2.78. The largest absolute Gasteiger partial charge is 0.379 e. The standard InChI is InChI=1S/C20H15NO3S/c22-25(23,24-17-9-5-2-6-10-17)18-11-12-19-16(13-18)14-20(21-19)15-7-3-1-4-8-15/h1-13H,14H2. The Morgan fingerprint density at radius 2 is 1.52 bits per heavy atom. The summed E-state index contributed by atoms with van der Waals surface area (Å²) in [5.74, 6) is 0.296. The molecule has 0 N–H and O–H groups in total. The molecule has 5 heteroatoms. The van der Waals surface area contributed by atoms with Crippen molar-refractivity contribution in [2.45, 2.75) is 11.3 Å². The van der Waals surface area contributed by atoms with E-state index in [2.05, 4.69) is 4.99 Å². The molecule has 0 saturated heterocycles. The third-order valence-electron chi connectivity index (χ3n) is 4.01. The Balaban J connectivity index is 1.61. The smallest absolute Gasteiger partial charge is 0.339 e. The number of benzene rings is 3. The van der Waals surface area contributed by atoms with Crippen molar-refractivity contribution in [3.8, 4) is 5.75 Å². The van der Waals surface area contributed by atoms with Crippen LogP contribution in [0.3, 0.4) is 0 Å². The molecule has 4 rings (SSSR count). The third kappa shape index (κ3) is 3.19. The number of hydrogen-bond acceptors (Lipinski definition) is 4. The first-order chi connectivity index (χ1) is 12.1. The van der Waals surface area contributed by atoms with Gasteiger partial charge >= 0.3 is 10.1 Å². The zero-order chi connectivity index (χ0) is 17.3. The van der Waals surface area contributed by atoms with Gasteiger partial charge in [0.15, 0.2) is 0 Å². The molecule has 1 aliphatic heterocycles. The summed E-state index contributed by atoms with van der Waals surface area (Å²) in [6.45, 7) is 0. The monoisotopic (exact) mass is 349 g/mol. The van der Waals surface area contributed by atoms with Gasteiger partial charge in [0.05, 0.1) is 11.4 Å². The summed E-state index contributed by atoms with van der Waals surface area (Å²) in [6, 6.07) is 23.3. The summed E-state index contributed by atoms with van der Waals surface area (Å²) in [5, 5.41) is 0. The Labute approximate surface area is 146 Å². The van der Waals surface area contributed by atoms with E-state index in [1.54, 1.807) is 42.5 Å². The lowest BCUT2D eigenvalue weighted by Crippen LogP contribution is -2.10. The van der Waals surface area contributed by atoms with Gasteiger partial charge in [0.25, 0.3) is 0 Å². The number of para-hydroxylation sites is 1. The number of rotatable bonds is 4. The molecule has 0 bridgehead atoms. The summed E-state index contributed by atoms with van der Waals surface area (Å²) in [4.78, 5) is 4.75. The first-order valence-electron chi connectivity index (χ1n) is 7.87. The highest BCUT2D eigenvalue weighted by Crippen LogP contribution is 2.31. The average molecular weight is 349 g/mol. The Kier molecular flexibility index (Phi) is 3.86. The minimum atomic E-state index is -3.87. The quantitative estimate of drug-likeness (QED) is 0.666. The Morgan fingerprint density at radius 1 is 0.840 bits per heavy atom. The van der Waals surface area contributed by atoms with Crippen LogP contribution < -0.4 is 4.18 Å². The van der Waals surface area contributed by atoms with Gasteiger partial charge in [-0.05, 0) is 41.5 Å². The van der Waals surface area contributed by atoms with Crippen LogP contribution in [-0.4, -0.2) is 14.1 Å². The second-order valence-electron chi connectivity index (χ2n) is 5.74. The zero-order valence-corrected chi connectivity index (χ0v) is 14.1. The molecule has 0 unspecified atom stereocenters. The predicted molar refractivity (Wildman–Crippen MR) is 97.0 cm³/mol. The lowest BCUT2D eigenvalue weighted by molar-refractivity contribution is 0.486. The highest BCUT2D eigenvalue weighted by atomic mass is 32.2. The topological polar surface area (TPSA) is 55.7 Å². The fourth-order valence-corrected chi connectivity index (χ4v) is 3.76. The van der Waals surface area contributed by atoms with Crippen molar-refractivity contribution >= 4 is 21.5 Å². The van der Waals surface area contributed by atoms with E-state index in [-0.39, 0.29) is 4.90 Å². The summed E-state index contributed by atoms with van der Waals surface area (Å²) in [5.41, 5.74) is 3.67. The molecule has 0 aromatic heterocycles. The molecule has 124 valence electrons. The van der Waals surface area contributed by atoms with Crippen LogP contribution in [0.25, 0.3) is 0 Å².